The van der Waals surface area contributed by atoms with Crippen LogP contribution in [0, 0.1) is 0 Å². The van der Waals surface area contributed by atoms with Gasteiger partial charge in [-0.2, -0.15) is 8.78 Å². The van der Waals surface area contributed by atoms with E-state index in [1.165, 1.54) is 6.92 Å². The van der Waals surface area contributed by atoms with Crippen LogP contribution in [0.2, 0.25) is 13.1 Å². The highest BCUT2D eigenvalue weighted by molar-refractivity contribution is 6.81. The summed E-state index contributed by atoms with van der Waals surface area (Å²) in [5, 5.41) is 4.80. The number of carbonyl (C=O) groups excluding carboxylic acids is 4. The fourth-order valence-electron chi connectivity index (χ4n) is 2.11. The van der Waals surface area contributed by atoms with Crippen LogP contribution in [0.4, 0.5) is 18.0 Å². The Morgan fingerprint density at radius 2 is 1.70 bits per heavy atom. The smallest absolute Gasteiger partial charge is 0.407 e. The fraction of sp³-hybridized carbons (Fsp3) is 0.600. The summed E-state index contributed by atoms with van der Waals surface area (Å²) in [4.78, 5) is 44.9. The summed E-state index contributed by atoms with van der Waals surface area (Å²) in [5.74, 6) is -4.87. The lowest BCUT2D eigenvalue weighted by molar-refractivity contribution is -0.159. The van der Waals surface area contributed by atoms with E-state index in [2.05, 4.69) is 15.4 Å². The first-order chi connectivity index (χ1) is 12.4. The van der Waals surface area contributed by atoms with Crippen LogP contribution in [0.3, 0.4) is 0 Å². The number of imide groups is 1. The van der Waals surface area contributed by atoms with Crippen LogP contribution in [-0.2, 0) is 19.1 Å². The molecule has 1 heterocycles. The molecule has 0 fully saturated rings. The van der Waals surface area contributed by atoms with Crippen LogP contribution in [0.15, 0.2) is 12.2 Å². The predicted octanol–water partition coefficient (Wildman–Crippen LogP) is 0.881. The standard InChI is InChI=1S/C15H22F3N3O5Si/c1-10(22)19-7-4-8-20-14(25)26-9-11(16)27(2,3)15(17,18)21-12(23)5-6-13(21)24/h5-6,11H,4,7-9H2,1-3H3,(H,19,22)(H,20,25). The predicted molar refractivity (Wildman–Crippen MR) is 91.0 cm³/mol. The lowest BCUT2D eigenvalue weighted by Gasteiger charge is -2.38. The number of hydrogen-bond acceptors (Lipinski definition) is 5. The van der Waals surface area contributed by atoms with Crippen molar-refractivity contribution in [3.63, 3.8) is 0 Å². The van der Waals surface area contributed by atoms with Gasteiger partial charge in [-0.3, -0.25) is 14.4 Å². The number of carbonyl (C=O) groups is 4. The first-order valence-corrected chi connectivity index (χ1v) is 11.2. The van der Waals surface area contributed by atoms with Gasteiger partial charge in [0.05, 0.1) is 0 Å². The van der Waals surface area contributed by atoms with Gasteiger partial charge in [0.1, 0.15) is 12.4 Å². The summed E-state index contributed by atoms with van der Waals surface area (Å²) in [6.45, 7) is 2.78. The lowest BCUT2D eigenvalue weighted by Crippen LogP contribution is -2.66. The number of halogens is 3. The van der Waals surface area contributed by atoms with Crippen molar-refractivity contribution < 1.29 is 37.1 Å². The number of ether oxygens (including phenoxy) is 1. The quantitative estimate of drug-likeness (QED) is 0.255. The van der Waals surface area contributed by atoms with E-state index in [1.807, 2.05) is 0 Å². The molecule has 0 aliphatic carbocycles. The summed E-state index contributed by atoms with van der Waals surface area (Å²) in [6, 6.07) is 0. The number of rotatable bonds is 9. The van der Waals surface area contributed by atoms with Crippen molar-refractivity contribution in [1.82, 2.24) is 15.5 Å². The van der Waals surface area contributed by atoms with Crippen molar-refractivity contribution in [2.24, 2.45) is 0 Å². The number of alkyl carbamates (subject to hydrolysis) is 1. The molecule has 0 bridgehead atoms. The molecule has 27 heavy (non-hydrogen) atoms. The van der Waals surface area contributed by atoms with E-state index in [9.17, 15) is 32.3 Å². The Labute approximate surface area is 155 Å². The van der Waals surface area contributed by atoms with Gasteiger partial charge in [0.2, 0.25) is 14.0 Å². The summed E-state index contributed by atoms with van der Waals surface area (Å²) in [7, 11) is -4.21. The third kappa shape index (κ3) is 5.55. The zero-order valence-electron chi connectivity index (χ0n) is 15.2. The van der Waals surface area contributed by atoms with Crippen LogP contribution >= 0.6 is 0 Å². The Hall–Kier alpha value is -2.37. The van der Waals surface area contributed by atoms with Gasteiger partial charge in [0.15, 0.2) is 0 Å². The molecule has 1 unspecified atom stereocenters. The minimum absolute atomic E-state index is 0.134. The van der Waals surface area contributed by atoms with Gasteiger partial charge in [0, 0.05) is 32.2 Å². The number of hydrogen-bond donors (Lipinski definition) is 2. The van der Waals surface area contributed by atoms with Crippen LogP contribution in [-0.4, -0.2) is 67.9 Å². The molecule has 1 aliphatic heterocycles. The molecule has 0 saturated heterocycles. The second-order valence-electron chi connectivity index (χ2n) is 6.44. The fourth-order valence-corrected chi connectivity index (χ4v) is 3.78. The van der Waals surface area contributed by atoms with Gasteiger partial charge in [0.25, 0.3) is 11.8 Å². The highest BCUT2D eigenvalue weighted by Crippen LogP contribution is 2.36. The molecule has 0 aromatic heterocycles. The largest absolute Gasteiger partial charge is 0.447 e. The minimum Gasteiger partial charge on any atom is -0.447 e. The average Bonchev–Trinajstić information content (AvgIpc) is 2.90. The summed E-state index contributed by atoms with van der Waals surface area (Å²) < 4.78 is 48.3. The van der Waals surface area contributed by atoms with E-state index in [1.54, 1.807) is 0 Å². The molecule has 1 atom stereocenters. The van der Waals surface area contributed by atoms with E-state index in [0.29, 0.717) is 25.1 Å². The van der Waals surface area contributed by atoms with Gasteiger partial charge >= 0.3 is 11.8 Å². The highest BCUT2D eigenvalue weighted by Gasteiger charge is 2.62. The van der Waals surface area contributed by atoms with E-state index in [4.69, 9.17) is 0 Å². The molecule has 1 rings (SSSR count). The molecule has 0 radical (unpaired) electrons. The first kappa shape index (κ1) is 22.7. The van der Waals surface area contributed by atoms with Crippen molar-refractivity contribution in [2.45, 2.75) is 37.9 Å². The molecule has 0 aromatic carbocycles. The molecule has 2 N–H and O–H groups in total. The van der Waals surface area contributed by atoms with Crippen LogP contribution in [0.5, 0.6) is 0 Å². The molecule has 0 spiro atoms. The zero-order chi connectivity index (χ0) is 20.8. The van der Waals surface area contributed by atoms with Gasteiger partial charge in [-0.1, -0.05) is 13.1 Å². The molecule has 0 saturated carbocycles. The Bertz CT molecular complexity index is 624. The molecule has 8 nitrogen and oxygen atoms in total. The molecule has 1 aliphatic rings. The number of nitrogens with zero attached hydrogens (tertiary/aromatic N) is 1. The van der Waals surface area contributed by atoms with Crippen molar-refractivity contribution in [1.29, 1.82) is 0 Å². The molecular weight excluding hydrogens is 387 g/mol. The number of alkyl halides is 3. The maximum atomic E-state index is 14.6. The Balaban J connectivity index is 2.53. The number of amides is 4. The van der Waals surface area contributed by atoms with Crippen LogP contribution < -0.4 is 10.6 Å². The van der Waals surface area contributed by atoms with Crippen molar-refractivity contribution in [2.75, 3.05) is 19.7 Å². The first-order valence-electron chi connectivity index (χ1n) is 8.14. The van der Waals surface area contributed by atoms with Crippen LogP contribution in [0.25, 0.3) is 0 Å². The van der Waals surface area contributed by atoms with E-state index in [-0.39, 0.29) is 17.4 Å². The Kier molecular flexibility index (Phi) is 7.57. The van der Waals surface area contributed by atoms with Crippen molar-refractivity contribution >= 4 is 31.9 Å². The van der Waals surface area contributed by atoms with Crippen molar-refractivity contribution in [3.05, 3.63) is 12.2 Å². The monoisotopic (exact) mass is 409 g/mol. The molecule has 4 amide bonds. The maximum absolute atomic E-state index is 14.6. The Morgan fingerprint density at radius 3 is 2.22 bits per heavy atom. The minimum atomic E-state index is -4.21. The topological polar surface area (TPSA) is 105 Å². The summed E-state index contributed by atoms with van der Waals surface area (Å²) in [5.41, 5.74) is -4.00. The molecular formula is C15H22F3N3O5Si. The third-order valence-corrected chi connectivity index (χ3v) is 7.51. The SMILES string of the molecule is CC(=O)NCCCNC(=O)OCC(F)[Si](C)(C)C(F)(F)N1C(=O)C=CC1=O. The second-order valence-corrected chi connectivity index (χ2v) is 11.1. The molecule has 12 heteroatoms. The van der Waals surface area contributed by atoms with E-state index >= 15 is 0 Å². The van der Waals surface area contributed by atoms with Gasteiger partial charge in [-0.15, -0.1) is 0 Å². The molecule has 0 aromatic rings. The second kappa shape index (κ2) is 9.02. The zero-order valence-corrected chi connectivity index (χ0v) is 16.2. The lowest BCUT2D eigenvalue weighted by atomic mass is 10.4. The van der Waals surface area contributed by atoms with Crippen molar-refractivity contribution in [3.8, 4) is 0 Å². The van der Waals surface area contributed by atoms with E-state index in [0.717, 1.165) is 13.1 Å². The Morgan fingerprint density at radius 1 is 1.19 bits per heavy atom. The highest BCUT2D eigenvalue weighted by atomic mass is 28.3. The van der Waals surface area contributed by atoms with Gasteiger partial charge in [-0.05, 0) is 6.42 Å². The van der Waals surface area contributed by atoms with Gasteiger partial charge in [-0.25, -0.2) is 14.1 Å². The van der Waals surface area contributed by atoms with Gasteiger partial charge < -0.3 is 15.4 Å². The summed E-state index contributed by atoms with van der Waals surface area (Å²) in [6.07, 6.45) is 0.791. The molecule has 152 valence electrons. The normalized spacial score (nSPS) is 15.7. The van der Waals surface area contributed by atoms with Crippen LogP contribution in [0.1, 0.15) is 13.3 Å². The average molecular weight is 409 g/mol. The van der Waals surface area contributed by atoms with E-state index < -0.39 is 44.1 Å². The maximum Gasteiger partial charge on any atom is 0.407 e. The third-order valence-electron chi connectivity index (χ3n) is 4.01. The number of nitrogens with one attached hydrogen (secondary N) is 2. The summed E-state index contributed by atoms with van der Waals surface area (Å²) >= 11 is 0.